The fourth-order valence-electron chi connectivity index (χ4n) is 0.671. The average molecular weight is 116 g/mol. The van der Waals surface area contributed by atoms with Crippen LogP contribution in [-0.4, -0.2) is 23.3 Å². The number of hydrogen-bond donors (Lipinski definition) is 1. The Morgan fingerprint density at radius 1 is 1.88 bits per heavy atom. The van der Waals surface area contributed by atoms with Gasteiger partial charge < -0.3 is 9.84 Å². The molecule has 0 aromatic carbocycles. The molecule has 0 bridgehead atoms. The molecule has 3 heteroatoms. The first-order valence-electron chi connectivity index (χ1n) is 2.57. The molecule has 0 spiro atoms. The smallest absolute Gasteiger partial charge is 0.308 e. The van der Waals surface area contributed by atoms with Crippen LogP contribution in [0.3, 0.4) is 0 Å². The summed E-state index contributed by atoms with van der Waals surface area (Å²) in [6, 6.07) is 0. The van der Waals surface area contributed by atoms with Crippen LogP contribution in [0.25, 0.3) is 0 Å². The SMILES string of the molecule is C[C@@H]1OC(=O)C[C@H]1O. The van der Waals surface area contributed by atoms with E-state index in [0.29, 0.717) is 0 Å². The maximum Gasteiger partial charge on any atom is 0.308 e. The molecule has 0 aromatic heterocycles. The Labute approximate surface area is 47.3 Å². The molecule has 3 nitrogen and oxygen atoms in total. The Balaban J connectivity index is 2.51. The molecular formula is C5H8O3. The summed E-state index contributed by atoms with van der Waals surface area (Å²) in [5.41, 5.74) is 0. The van der Waals surface area contributed by atoms with Crippen LogP contribution in [0.2, 0.25) is 0 Å². The van der Waals surface area contributed by atoms with Gasteiger partial charge in [0.05, 0.1) is 6.42 Å². The van der Waals surface area contributed by atoms with Crippen molar-refractivity contribution in [1.29, 1.82) is 0 Å². The summed E-state index contributed by atoms with van der Waals surface area (Å²) in [7, 11) is 0. The van der Waals surface area contributed by atoms with Gasteiger partial charge in [-0.15, -0.1) is 0 Å². The van der Waals surface area contributed by atoms with Gasteiger partial charge in [-0.05, 0) is 6.92 Å². The first kappa shape index (κ1) is 5.56. The summed E-state index contributed by atoms with van der Waals surface area (Å²) < 4.78 is 4.58. The zero-order chi connectivity index (χ0) is 6.15. The number of rotatable bonds is 0. The molecule has 46 valence electrons. The number of cyclic esters (lactones) is 1. The second-order valence-electron chi connectivity index (χ2n) is 1.97. The molecule has 1 fully saturated rings. The van der Waals surface area contributed by atoms with E-state index < -0.39 is 6.10 Å². The Morgan fingerprint density at radius 2 is 2.50 bits per heavy atom. The van der Waals surface area contributed by atoms with Crippen molar-refractivity contribution in [3.05, 3.63) is 0 Å². The van der Waals surface area contributed by atoms with Crippen molar-refractivity contribution in [2.45, 2.75) is 25.6 Å². The minimum absolute atomic E-state index is 0.154. The number of esters is 1. The molecule has 0 aromatic rings. The largest absolute Gasteiger partial charge is 0.460 e. The Kier molecular flexibility index (Phi) is 1.21. The highest BCUT2D eigenvalue weighted by atomic mass is 16.6. The van der Waals surface area contributed by atoms with Crippen LogP contribution >= 0.6 is 0 Å². The standard InChI is InChI=1S/C5H8O3/c1-3-4(6)2-5(7)8-3/h3-4,6H,2H2,1H3/t3-,4+/m0/s1. The van der Waals surface area contributed by atoms with Gasteiger partial charge in [0.2, 0.25) is 0 Å². The second-order valence-corrected chi connectivity index (χ2v) is 1.97. The van der Waals surface area contributed by atoms with Crippen molar-refractivity contribution in [3.63, 3.8) is 0 Å². The van der Waals surface area contributed by atoms with E-state index in [1.54, 1.807) is 6.92 Å². The monoisotopic (exact) mass is 116 g/mol. The summed E-state index contributed by atoms with van der Waals surface area (Å²) in [4.78, 5) is 10.3. The van der Waals surface area contributed by atoms with Gasteiger partial charge in [0.25, 0.3) is 0 Å². The predicted octanol–water partition coefficient (Wildman–Crippen LogP) is -0.317. The Bertz CT molecular complexity index is 98.2. The third-order valence-corrected chi connectivity index (χ3v) is 1.23. The lowest BCUT2D eigenvalue weighted by Crippen LogP contribution is -2.15. The lowest BCUT2D eigenvalue weighted by Gasteiger charge is -2.02. The topological polar surface area (TPSA) is 46.5 Å². The van der Waals surface area contributed by atoms with E-state index in [1.807, 2.05) is 0 Å². The Hall–Kier alpha value is -0.570. The van der Waals surface area contributed by atoms with E-state index in [1.165, 1.54) is 0 Å². The summed E-state index contributed by atoms with van der Waals surface area (Å²) in [5, 5.41) is 8.82. The number of hydrogen-bond acceptors (Lipinski definition) is 3. The number of ether oxygens (including phenoxy) is 1. The summed E-state index contributed by atoms with van der Waals surface area (Å²) in [6.07, 6.45) is -0.730. The van der Waals surface area contributed by atoms with Crippen molar-refractivity contribution in [2.75, 3.05) is 0 Å². The molecule has 1 rings (SSSR count). The van der Waals surface area contributed by atoms with Crippen LogP contribution in [0.1, 0.15) is 13.3 Å². The van der Waals surface area contributed by atoms with Gasteiger partial charge >= 0.3 is 5.97 Å². The van der Waals surface area contributed by atoms with Gasteiger partial charge in [-0.3, -0.25) is 4.79 Å². The number of aliphatic hydroxyl groups is 1. The van der Waals surface area contributed by atoms with Gasteiger partial charge in [-0.25, -0.2) is 0 Å². The van der Waals surface area contributed by atoms with Crippen molar-refractivity contribution in [2.24, 2.45) is 0 Å². The van der Waals surface area contributed by atoms with Crippen molar-refractivity contribution >= 4 is 5.97 Å². The second kappa shape index (κ2) is 1.74. The molecule has 1 aliphatic rings. The van der Waals surface area contributed by atoms with Gasteiger partial charge in [0, 0.05) is 0 Å². The van der Waals surface area contributed by atoms with E-state index in [9.17, 15) is 4.79 Å². The van der Waals surface area contributed by atoms with Gasteiger partial charge in [-0.2, -0.15) is 0 Å². The molecule has 0 radical (unpaired) electrons. The molecule has 1 heterocycles. The lowest BCUT2D eigenvalue weighted by atomic mass is 10.2. The van der Waals surface area contributed by atoms with Gasteiger partial charge in [0.15, 0.2) is 0 Å². The first-order valence-corrected chi connectivity index (χ1v) is 2.57. The highest BCUT2D eigenvalue weighted by Gasteiger charge is 2.28. The molecule has 0 aliphatic carbocycles. The fraction of sp³-hybridized carbons (Fsp3) is 0.800. The van der Waals surface area contributed by atoms with Gasteiger partial charge in [0.1, 0.15) is 12.2 Å². The fourth-order valence-corrected chi connectivity index (χ4v) is 0.671. The predicted molar refractivity (Wildman–Crippen MR) is 26.2 cm³/mol. The van der Waals surface area contributed by atoms with Crippen LogP contribution in [0.4, 0.5) is 0 Å². The molecular weight excluding hydrogens is 108 g/mol. The van der Waals surface area contributed by atoms with E-state index >= 15 is 0 Å². The van der Waals surface area contributed by atoms with E-state index in [4.69, 9.17) is 5.11 Å². The molecule has 0 unspecified atom stereocenters. The van der Waals surface area contributed by atoms with Crippen LogP contribution in [0, 0.1) is 0 Å². The van der Waals surface area contributed by atoms with Crippen LogP contribution < -0.4 is 0 Å². The van der Waals surface area contributed by atoms with Crippen molar-refractivity contribution < 1.29 is 14.6 Å². The summed E-state index contributed by atoms with van der Waals surface area (Å²) in [6.45, 7) is 1.68. The molecule has 1 saturated heterocycles. The highest BCUT2D eigenvalue weighted by Crippen LogP contribution is 2.12. The molecule has 1 N–H and O–H groups in total. The van der Waals surface area contributed by atoms with E-state index in [2.05, 4.69) is 4.74 Å². The van der Waals surface area contributed by atoms with Gasteiger partial charge in [-0.1, -0.05) is 0 Å². The first-order chi connectivity index (χ1) is 3.70. The van der Waals surface area contributed by atoms with Crippen molar-refractivity contribution in [3.8, 4) is 0 Å². The lowest BCUT2D eigenvalue weighted by molar-refractivity contribution is -0.141. The van der Waals surface area contributed by atoms with E-state index in [-0.39, 0.29) is 18.5 Å². The maximum absolute atomic E-state index is 10.3. The zero-order valence-corrected chi connectivity index (χ0v) is 4.63. The minimum atomic E-state index is -0.581. The number of aliphatic hydroxyl groups excluding tert-OH is 1. The van der Waals surface area contributed by atoms with Crippen LogP contribution in [0.15, 0.2) is 0 Å². The summed E-state index contributed by atoms with van der Waals surface area (Å²) in [5.74, 6) is -0.301. The van der Waals surface area contributed by atoms with Crippen molar-refractivity contribution in [1.82, 2.24) is 0 Å². The summed E-state index contributed by atoms with van der Waals surface area (Å²) >= 11 is 0. The molecule has 8 heavy (non-hydrogen) atoms. The minimum Gasteiger partial charge on any atom is -0.460 e. The Morgan fingerprint density at radius 3 is 2.62 bits per heavy atom. The van der Waals surface area contributed by atoms with Crippen LogP contribution in [0.5, 0.6) is 0 Å². The normalized spacial score (nSPS) is 37.5. The number of carbonyl (C=O) groups excluding carboxylic acids is 1. The third kappa shape index (κ3) is 0.816. The highest BCUT2D eigenvalue weighted by molar-refractivity contribution is 5.72. The maximum atomic E-state index is 10.3. The molecule has 0 amide bonds. The molecule has 2 atom stereocenters. The molecule has 0 saturated carbocycles. The quantitative estimate of drug-likeness (QED) is 0.441. The average Bonchev–Trinajstić information content (AvgIpc) is 1.85. The molecule has 1 aliphatic heterocycles. The number of carbonyl (C=O) groups is 1. The third-order valence-electron chi connectivity index (χ3n) is 1.23. The van der Waals surface area contributed by atoms with Crippen LogP contribution in [-0.2, 0) is 9.53 Å². The van der Waals surface area contributed by atoms with E-state index in [0.717, 1.165) is 0 Å². The zero-order valence-electron chi connectivity index (χ0n) is 4.63.